The SMILES string of the molecule is CCOc1cc(COc2ccc(Br)cc2/C=C(/C#N)C(=O)Nc2cccc(C)c2C)ccc1OCc1ccccc1. The normalized spacial score (nSPS) is 11.0. The number of halogens is 1. The van der Waals surface area contributed by atoms with E-state index >= 15 is 0 Å². The van der Waals surface area contributed by atoms with Crippen molar-refractivity contribution in [2.24, 2.45) is 0 Å². The van der Waals surface area contributed by atoms with E-state index in [0.717, 1.165) is 26.7 Å². The van der Waals surface area contributed by atoms with Crippen molar-refractivity contribution < 1.29 is 19.0 Å². The summed E-state index contributed by atoms with van der Waals surface area (Å²) in [5.74, 6) is 1.33. The third kappa shape index (κ3) is 8.00. The molecular weight excluding hydrogens is 580 g/mol. The molecule has 4 aromatic carbocycles. The summed E-state index contributed by atoms with van der Waals surface area (Å²) in [7, 11) is 0. The molecule has 0 saturated carbocycles. The number of hydrogen-bond donors (Lipinski definition) is 1. The van der Waals surface area contributed by atoms with Gasteiger partial charge in [-0.25, -0.2) is 0 Å². The molecule has 0 spiro atoms. The molecule has 0 aromatic heterocycles. The average Bonchev–Trinajstić information content (AvgIpc) is 2.98. The molecule has 6 nitrogen and oxygen atoms in total. The van der Waals surface area contributed by atoms with Gasteiger partial charge in [0.25, 0.3) is 5.91 Å². The fourth-order valence-corrected chi connectivity index (χ4v) is 4.45. The van der Waals surface area contributed by atoms with Crippen LogP contribution in [0.25, 0.3) is 6.08 Å². The van der Waals surface area contributed by atoms with Crippen LogP contribution in [0.2, 0.25) is 0 Å². The molecular formula is C34H31BrN2O4. The highest BCUT2D eigenvalue weighted by Gasteiger charge is 2.14. The Labute approximate surface area is 249 Å². The molecule has 0 unspecified atom stereocenters. The smallest absolute Gasteiger partial charge is 0.266 e. The number of amides is 1. The number of benzene rings is 4. The molecule has 0 heterocycles. The van der Waals surface area contributed by atoms with E-state index in [-0.39, 0.29) is 12.2 Å². The fraction of sp³-hybridized carbons (Fsp3) is 0.176. The lowest BCUT2D eigenvalue weighted by molar-refractivity contribution is -0.112. The molecule has 1 amide bonds. The zero-order valence-corrected chi connectivity index (χ0v) is 24.8. The van der Waals surface area contributed by atoms with Gasteiger partial charge in [-0.2, -0.15) is 5.26 Å². The minimum absolute atomic E-state index is 0.0348. The van der Waals surface area contributed by atoms with Gasteiger partial charge in [-0.05, 0) is 85.5 Å². The van der Waals surface area contributed by atoms with E-state index < -0.39 is 5.91 Å². The van der Waals surface area contributed by atoms with Crippen LogP contribution in [0.15, 0.2) is 95.0 Å². The second kappa shape index (κ2) is 14.2. The minimum Gasteiger partial charge on any atom is -0.490 e. The number of nitriles is 1. The van der Waals surface area contributed by atoms with Crippen LogP contribution < -0.4 is 19.5 Å². The summed E-state index contributed by atoms with van der Waals surface area (Å²) in [5, 5.41) is 12.6. The molecule has 4 aromatic rings. The maximum Gasteiger partial charge on any atom is 0.266 e. The molecule has 41 heavy (non-hydrogen) atoms. The van der Waals surface area contributed by atoms with Crippen LogP contribution in [0.3, 0.4) is 0 Å². The van der Waals surface area contributed by atoms with Crippen LogP contribution >= 0.6 is 15.9 Å². The summed E-state index contributed by atoms with van der Waals surface area (Å²) >= 11 is 3.48. The van der Waals surface area contributed by atoms with Gasteiger partial charge in [-0.1, -0.05) is 64.5 Å². The number of ether oxygens (including phenoxy) is 3. The highest BCUT2D eigenvalue weighted by atomic mass is 79.9. The van der Waals surface area contributed by atoms with E-state index in [1.165, 1.54) is 6.08 Å². The molecule has 7 heteroatoms. The molecule has 1 N–H and O–H groups in total. The number of nitrogens with zero attached hydrogens (tertiary/aromatic N) is 1. The van der Waals surface area contributed by atoms with Crippen molar-refractivity contribution in [2.75, 3.05) is 11.9 Å². The summed E-state index contributed by atoms with van der Waals surface area (Å²) < 4.78 is 18.8. The van der Waals surface area contributed by atoms with Crippen LogP contribution in [-0.4, -0.2) is 12.5 Å². The van der Waals surface area contributed by atoms with Crippen LogP contribution in [-0.2, 0) is 18.0 Å². The molecule has 0 radical (unpaired) electrons. The van der Waals surface area contributed by atoms with Crippen molar-refractivity contribution in [2.45, 2.75) is 34.0 Å². The van der Waals surface area contributed by atoms with Crippen LogP contribution in [0, 0.1) is 25.2 Å². The van der Waals surface area contributed by atoms with Crippen molar-refractivity contribution in [1.82, 2.24) is 0 Å². The number of anilines is 1. The fourth-order valence-electron chi connectivity index (χ4n) is 4.07. The zero-order chi connectivity index (χ0) is 29.2. The minimum atomic E-state index is -0.487. The lowest BCUT2D eigenvalue weighted by Crippen LogP contribution is -2.14. The van der Waals surface area contributed by atoms with Crippen molar-refractivity contribution in [3.8, 4) is 23.3 Å². The number of carbonyl (C=O) groups excluding carboxylic acids is 1. The molecule has 0 saturated heterocycles. The highest BCUT2D eigenvalue weighted by molar-refractivity contribution is 9.10. The monoisotopic (exact) mass is 610 g/mol. The summed E-state index contributed by atoms with van der Waals surface area (Å²) in [5.41, 5.74) is 5.18. The topological polar surface area (TPSA) is 80.6 Å². The van der Waals surface area contributed by atoms with E-state index in [4.69, 9.17) is 14.2 Å². The summed E-state index contributed by atoms with van der Waals surface area (Å²) in [4.78, 5) is 13.0. The third-order valence-electron chi connectivity index (χ3n) is 6.43. The molecule has 0 aliphatic carbocycles. The second-order valence-electron chi connectivity index (χ2n) is 9.33. The van der Waals surface area contributed by atoms with Crippen LogP contribution in [0.5, 0.6) is 17.2 Å². The standard InChI is InChI=1S/C34H31BrN2O4/c1-4-39-33-17-26(13-15-32(33)41-21-25-10-6-5-7-11-25)22-40-31-16-14-29(35)19-27(31)18-28(20-36)34(38)37-30-12-8-9-23(2)24(30)3/h5-19H,4,21-22H2,1-3H3,(H,37,38)/b28-18-. The van der Waals surface area contributed by atoms with E-state index in [9.17, 15) is 10.1 Å². The third-order valence-corrected chi connectivity index (χ3v) is 6.92. The first-order valence-electron chi connectivity index (χ1n) is 13.2. The van der Waals surface area contributed by atoms with Crippen LogP contribution in [0.4, 0.5) is 5.69 Å². The van der Waals surface area contributed by atoms with Gasteiger partial charge >= 0.3 is 0 Å². The van der Waals surface area contributed by atoms with E-state index in [1.54, 1.807) is 6.07 Å². The molecule has 208 valence electrons. The van der Waals surface area contributed by atoms with Crippen molar-refractivity contribution >= 4 is 33.6 Å². The molecule has 0 aliphatic heterocycles. The van der Waals surface area contributed by atoms with Gasteiger partial charge in [0.2, 0.25) is 0 Å². The van der Waals surface area contributed by atoms with Crippen molar-refractivity contribution in [3.63, 3.8) is 0 Å². The number of rotatable bonds is 11. The van der Waals surface area contributed by atoms with Crippen molar-refractivity contribution in [1.29, 1.82) is 5.26 Å². The van der Waals surface area contributed by atoms with Gasteiger partial charge < -0.3 is 19.5 Å². The number of carbonyl (C=O) groups is 1. The molecule has 0 bridgehead atoms. The van der Waals surface area contributed by atoms with Crippen LogP contribution in [0.1, 0.15) is 34.7 Å². The summed E-state index contributed by atoms with van der Waals surface area (Å²) in [6.45, 7) is 7.00. The first kappa shape index (κ1) is 29.4. The Kier molecular flexibility index (Phi) is 10.2. The Morgan fingerprint density at radius 3 is 2.34 bits per heavy atom. The van der Waals surface area contributed by atoms with Gasteiger partial charge in [0, 0.05) is 15.7 Å². The largest absolute Gasteiger partial charge is 0.490 e. The second-order valence-corrected chi connectivity index (χ2v) is 10.2. The molecule has 4 rings (SSSR count). The number of hydrogen-bond acceptors (Lipinski definition) is 5. The highest BCUT2D eigenvalue weighted by Crippen LogP contribution is 2.31. The number of aryl methyl sites for hydroxylation is 1. The first-order chi connectivity index (χ1) is 19.9. The molecule has 0 fully saturated rings. The zero-order valence-electron chi connectivity index (χ0n) is 23.2. The quantitative estimate of drug-likeness (QED) is 0.137. The maximum atomic E-state index is 13.0. The predicted octanol–water partition coefficient (Wildman–Crippen LogP) is 8.17. The van der Waals surface area contributed by atoms with Gasteiger partial charge in [0.05, 0.1) is 6.61 Å². The lowest BCUT2D eigenvalue weighted by Gasteiger charge is -2.15. The Hall–Kier alpha value is -4.54. The molecule has 0 atom stereocenters. The van der Waals surface area contributed by atoms with Gasteiger partial charge in [-0.3, -0.25) is 4.79 Å². The first-order valence-corrected chi connectivity index (χ1v) is 14.0. The average molecular weight is 612 g/mol. The Balaban J connectivity index is 1.51. The summed E-state index contributed by atoms with van der Waals surface area (Å²) in [6, 6.07) is 28.8. The van der Waals surface area contributed by atoms with Gasteiger partial charge in [-0.15, -0.1) is 0 Å². The van der Waals surface area contributed by atoms with E-state index in [1.807, 2.05) is 106 Å². The number of nitrogens with one attached hydrogen (secondary N) is 1. The predicted molar refractivity (Wildman–Crippen MR) is 165 cm³/mol. The van der Waals surface area contributed by atoms with Crippen molar-refractivity contribution in [3.05, 3.63) is 123 Å². The Morgan fingerprint density at radius 2 is 1.59 bits per heavy atom. The molecule has 0 aliphatic rings. The van der Waals surface area contributed by atoms with E-state index in [0.29, 0.717) is 41.7 Å². The van der Waals surface area contributed by atoms with Gasteiger partial charge in [0.15, 0.2) is 11.5 Å². The maximum absolute atomic E-state index is 13.0. The van der Waals surface area contributed by atoms with E-state index in [2.05, 4.69) is 21.2 Å². The summed E-state index contributed by atoms with van der Waals surface area (Å²) in [6.07, 6.45) is 1.53. The lowest BCUT2D eigenvalue weighted by atomic mass is 10.1. The van der Waals surface area contributed by atoms with Gasteiger partial charge in [0.1, 0.15) is 30.6 Å². The Morgan fingerprint density at radius 1 is 0.854 bits per heavy atom. The Bertz CT molecular complexity index is 1590.